The van der Waals surface area contributed by atoms with Gasteiger partial charge in [-0.3, -0.25) is 4.79 Å². The minimum absolute atomic E-state index is 0.165. The molecule has 20 heavy (non-hydrogen) atoms. The number of amides is 1. The van der Waals surface area contributed by atoms with E-state index in [4.69, 9.17) is 14.6 Å². The molecular weight excluding hydrogens is 262 g/mol. The smallest absolute Gasteiger partial charge is 0.326 e. The lowest BCUT2D eigenvalue weighted by Gasteiger charge is -2.16. The number of benzene rings is 1. The van der Waals surface area contributed by atoms with Gasteiger partial charge >= 0.3 is 5.97 Å². The van der Waals surface area contributed by atoms with Crippen molar-refractivity contribution < 1.29 is 24.2 Å². The van der Waals surface area contributed by atoms with Crippen LogP contribution in [0.2, 0.25) is 0 Å². The van der Waals surface area contributed by atoms with Crippen molar-refractivity contribution in [1.29, 1.82) is 0 Å². The van der Waals surface area contributed by atoms with Crippen molar-refractivity contribution in [3.05, 3.63) is 29.8 Å². The number of para-hydroxylation sites is 1. The Morgan fingerprint density at radius 1 is 1.30 bits per heavy atom. The van der Waals surface area contributed by atoms with Gasteiger partial charge in [-0.1, -0.05) is 18.2 Å². The third kappa shape index (κ3) is 5.27. The highest BCUT2D eigenvalue weighted by molar-refractivity contribution is 5.82. The van der Waals surface area contributed by atoms with Crippen molar-refractivity contribution in [2.24, 2.45) is 0 Å². The van der Waals surface area contributed by atoms with E-state index in [0.29, 0.717) is 19.0 Å². The highest BCUT2D eigenvalue weighted by Gasteiger charge is 2.20. The van der Waals surface area contributed by atoms with Gasteiger partial charge in [0.2, 0.25) is 5.91 Å². The lowest BCUT2D eigenvalue weighted by molar-refractivity contribution is -0.141. The molecule has 0 fully saturated rings. The number of hydrogen-bond acceptors (Lipinski definition) is 4. The molecule has 1 atom stereocenters. The van der Waals surface area contributed by atoms with Gasteiger partial charge in [-0.05, 0) is 11.6 Å². The number of hydrogen-bond donors (Lipinski definition) is 2. The Bertz CT molecular complexity index is 461. The van der Waals surface area contributed by atoms with E-state index in [1.54, 1.807) is 31.4 Å². The summed E-state index contributed by atoms with van der Waals surface area (Å²) in [5, 5.41) is 11.5. The topological polar surface area (TPSA) is 84.9 Å². The maximum atomic E-state index is 11.1. The van der Waals surface area contributed by atoms with E-state index in [9.17, 15) is 9.59 Å². The molecule has 0 aromatic heterocycles. The molecule has 0 aliphatic heterocycles. The highest BCUT2D eigenvalue weighted by atomic mass is 16.5. The van der Waals surface area contributed by atoms with E-state index < -0.39 is 12.0 Å². The standard InChI is InChI=1S/C14H19NO5/c1-10(16)15-12(14(17)18)9-11-5-3-4-6-13(11)20-8-7-19-2/h3-6,12H,7-9H2,1-2H3,(H,15,16)(H,17,18). The second-order valence-electron chi connectivity index (χ2n) is 4.24. The van der Waals surface area contributed by atoms with Crippen LogP contribution in [0.25, 0.3) is 0 Å². The largest absolute Gasteiger partial charge is 0.491 e. The summed E-state index contributed by atoms with van der Waals surface area (Å²) in [6, 6.07) is 6.17. The van der Waals surface area contributed by atoms with E-state index in [1.807, 2.05) is 0 Å². The van der Waals surface area contributed by atoms with E-state index in [1.165, 1.54) is 6.92 Å². The van der Waals surface area contributed by atoms with Crippen LogP contribution >= 0.6 is 0 Å². The van der Waals surface area contributed by atoms with E-state index in [-0.39, 0.29) is 12.3 Å². The number of nitrogens with one attached hydrogen (secondary N) is 1. The zero-order valence-electron chi connectivity index (χ0n) is 11.6. The molecule has 1 aromatic carbocycles. The summed E-state index contributed by atoms with van der Waals surface area (Å²) in [6.45, 7) is 2.12. The number of carboxylic acids is 1. The zero-order valence-corrected chi connectivity index (χ0v) is 11.6. The van der Waals surface area contributed by atoms with Gasteiger partial charge in [0.15, 0.2) is 0 Å². The summed E-state index contributed by atoms with van der Waals surface area (Å²) in [4.78, 5) is 22.2. The van der Waals surface area contributed by atoms with Crippen molar-refractivity contribution in [2.75, 3.05) is 20.3 Å². The molecule has 0 spiro atoms. The van der Waals surface area contributed by atoms with E-state index in [2.05, 4.69) is 5.32 Å². The third-order valence-corrected chi connectivity index (χ3v) is 2.62. The van der Waals surface area contributed by atoms with Gasteiger partial charge in [0.1, 0.15) is 18.4 Å². The van der Waals surface area contributed by atoms with Crippen molar-refractivity contribution >= 4 is 11.9 Å². The predicted molar refractivity (Wildman–Crippen MR) is 72.8 cm³/mol. The first kappa shape index (κ1) is 16.0. The maximum absolute atomic E-state index is 11.1. The fourth-order valence-corrected chi connectivity index (χ4v) is 1.71. The molecule has 0 aliphatic rings. The molecule has 2 N–H and O–H groups in total. The SMILES string of the molecule is COCCOc1ccccc1CC(NC(C)=O)C(=O)O. The van der Waals surface area contributed by atoms with Crippen molar-refractivity contribution in [2.45, 2.75) is 19.4 Å². The van der Waals surface area contributed by atoms with E-state index >= 15 is 0 Å². The van der Waals surface area contributed by atoms with Crippen LogP contribution in [0.5, 0.6) is 5.75 Å². The minimum Gasteiger partial charge on any atom is -0.491 e. The van der Waals surface area contributed by atoms with Gasteiger partial charge in [0.25, 0.3) is 0 Å². The first-order valence-corrected chi connectivity index (χ1v) is 6.24. The number of carboxylic acid groups (broad SMARTS) is 1. The van der Waals surface area contributed by atoms with Crippen molar-refractivity contribution in [3.63, 3.8) is 0 Å². The molecule has 1 amide bonds. The number of ether oxygens (including phenoxy) is 2. The van der Waals surface area contributed by atoms with Crippen LogP contribution in [0.4, 0.5) is 0 Å². The second-order valence-corrected chi connectivity index (χ2v) is 4.24. The molecule has 1 aromatic rings. The summed E-state index contributed by atoms with van der Waals surface area (Å²) < 4.78 is 10.4. The van der Waals surface area contributed by atoms with Crippen LogP contribution < -0.4 is 10.1 Å². The number of aliphatic carboxylic acids is 1. The molecule has 110 valence electrons. The Hall–Kier alpha value is -2.08. The van der Waals surface area contributed by atoms with Crippen LogP contribution in [0.15, 0.2) is 24.3 Å². The van der Waals surface area contributed by atoms with Crippen LogP contribution in [0.3, 0.4) is 0 Å². The summed E-state index contributed by atoms with van der Waals surface area (Å²) >= 11 is 0. The first-order valence-electron chi connectivity index (χ1n) is 6.24. The molecule has 0 saturated heterocycles. The Balaban J connectivity index is 2.78. The number of carbonyl (C=O) groups is 2. The van der Waals surface area contributed by atoms with E-state index in [0.717, 1.165) is 5.56 Å². The number of rotatable bonds is 8. The monoisotopic (exact) mass is 281 g/mol. The quantitative estimate of drug-likeness (QED) is 0.690. The van der Waals surface area contributed by atoms with Gasteiger partial charge in [0, 0.05) is 20.5 Å². The molecule has 6 nitrogen and oxygen atoms in total. The summed E-state index contributed by atoms with van der Waals surface area (Å²) in [6.07, 6.45) is 0.165. The Morgan fingerprint density at radius 2 is 2.00 bits per heavy atom. The summed E-state index contributed by atoms with van der Waals surface area (Å²) in [5.41, 5.74) is 0.727. The van der Waals surface area contributed by atoms with Crippen molar-refractivity contribution in [3.8, 4) is 5.75 Å². The molecule has 6 heteroatoms. The fourth-order valence-electron chi connectivity index (χ4n) is 1.71. The average molecular weight is 281 g/mol. The normalized spacial score (nSPS) is 11.7. The molecule has 0 aliphatic carbocycles. The zero-order chi connectivity index (χ0) is 15.0. The van der Waals surface area contributed by atoms with Crippen LogP contribution in [-0.2, 0) is 20.7 Å². The predicted octanol–water partition coefficient (Wildman–Crippen LogP) is 0.844. The van der Waals surface area contributed by atoms with Gasteiger partial charge < -0.3 is 19.9 Å². The molecule has 0 radical (unpaired) electrons. The van der Waals surface area contributed by atoms with Crippen LogP contribution in [0.1, 0.15) is 12.5 Å². The van der Waals surface area contributed by atoms with Gasteiger partial charge in [-0.25, -0.2) is 4.79 Å². The summed E-state index contributed by atoms with van der Waals surface area (Å²) in [5.74, 6) is -0.858. The number of carbonyl (C=O) groups excluding carboxylic acids is 1. The van der Waals surface area contributed by atoms with Gasteiger partial charge in [-0.2, -0.15) is 0 Å². The fraction of sp³-hybridized carbons (Fsp3) is 0.429. The Kier molecular flexibility index (Phi) is 6.52. The highest BCUT2D eigenvalue weighted by Crippen LogP contribution is 2.19. The third-order valence-electron chi connectivity index (χ3n) is 2.62. The number of methoxy groups -OCH3 is 1. The van der Waals surface area contributed by atoms with Crippen LogP contribution in [0, 0.1) is 0 Å². The molecule has 0 bridgehead atoms. The maximum Gasteiger partial charge on any atom is 0.326 e. The molecule has 1 rings (SSSR count). The second kappa shape index (κ2) is 8.16. The lowest BCUT2D eigenvalue weighted by Crippen LogP contribution is -2.41. The molecular formula is C14H19NO5. The van der Waals surface area contributed by atoms with Gasteiger partial charge in [0.05, 0.1) is 6.61 Å². The first-order chi connectivity index (χ1) is 9.54. The molecule has 0 heterocycles. The van der Waals surface area contributed by atoms with Gasteiger partial charge in [-0.15, -0.1) is 0 Å². The molecule has 0 saturated carbocycles. The average Bonchev–Trinajstić information content (AvgIpc) is 2.39. The molecule has 1 unspecified atom stereocenters. The minimum atomic E-state index is -1.08. The summed E-state index contributed by atoms with van der Waals surface area (Å²) in [7, 11) is 1.58. The lowest BCUT2D eigenvalue weighted by atomic mass is 10.0. The Labute approximate surface area is 117 Å². The Morgan fingerprint density at radius 3 is 2.60 bits per heavy atom. The van der Waals surface area contributed by atoms with Crippen molar-refractivity contribution in [1.82, 2.24) is 5.32 Å². The van der Waals surface area contributed by atoms with Crippen LogP contribution in [-0.4, -0.2) is 43.3 Å².